The lowest BCUT2D eigenvalue weighted by Crippen LogP contribution is -2.51. The Bertz CT molecular complexity index is 220. The molecule has 5 nitrogen and oxygen atoms in total. The number of amides is 1. The van der Waals surface area contributed by atoms with E-state index in [1.807, 2.05) is 39.6 Å². The molecule has 0 saturated carbocycles. The molecule has 0 aliphatic carbocycles. The van der Waals surface area contributed by atoms with Gasteiger partial charge >= 0.3 is 0 Å². The minimum atomic E-state index is -0.310. The van der Waals surface area contributed by atoms with Crippen molar-refractivity contribution < 1.29 is 9.53 Å². The van der Waals surface area contributed by atoms with E-state index in [9.17, 15) is 4.79 Å². The van der Waals surface area contributed by atoms with Crippen LogP contribution in [0.5, 0.6) is 0 Å². The van der Waals surface area contributed by atoms with E-state index in [0.29, 0.717) is 13.2 Å². The van der Waals surface area contributed by atoms with Crippen molar-refractivity contribution in [1.82, 2.24) is 10.2 Å². The van der Waals surface area contributed by atoms with E-state index in [-0.39, 0.29) is 24.1 Å². The van der Waals surface area contributed by atoms with Gasteiger partial charge in [0.15, 0.2) is 0 Å². The van der Waals surface area contributed by atoms with Gasteiger partial charge in [-0.05, 0) is 20.9 Å². The zero-order chi connectivity index (χ0) is 13.4. The first-order valence-corrected chi connectivity index (χ1v) is 6.18. The van der Waals surface area contributed by atoms with Gasteiger partial charge in [-0.1, -0.05) is 13.8 Å². The van der Waals surface area contributed by atoms with E-state index >= 15 is 0 Å². The van der Waals surface area contributed by atoms with Crippen molar-refractivity contribution in [3.8, 4) is 0 Å². The second-order valence-electron chi connectivity index (χ2n) is 4.96. The average molecular weight is 245 g/mol. The molecular weight excluding hydrogens is 218 g/mol. The third-order valence-electron chi connectivity index (χ3n) is 2.30. The fraction of sp³-hybridized carbons (Fsp3) is 0.917. The van der Waals surface area contributed by atoms with Crippen LogP contribution in [-0.4, -0.2) is 55.7 Å². The predicted octanol–water partition coefficient (Wildman–Crippen LogP) is 0.195. The molecule has 0 bridgehead atoms. The summed E-state index contributed by atoms with van der Waals surface area (Å²) in [7, 11) is 1.96. The Hall–Kier alpha value is -0.650. The van der Waals surface area contributed by atoms with E-state index in [4.69, 9.17) is 10.5 Å². The fourth-order valence-corrected chi connectivity index (χ4v) is 1.47. The Balaban J connectivity index is 3.95. The molecule has 0 aromatic carbocycles. The third kappa shape index (κ3) is 9.09. The minimum Gasteiger partial charge on any atom is -0.377 e. The summed E-state index contributed by atoms with van der Waals surface area (Å²) in [4.78, 5) is 13.3. The van der Waals surface area contributed by atoms with E-state index in [0.717, 1.165) is 6.54 Å². The molecule has 0 fully saturated rings. The molecule has 17 heavy (non-hydrogen) atoms. The van der Waals surface area contributed by atoms with Gasteiger partial charge in [-0.3, -0.25) is 4.79 Å². The maximum absolute atomic E-state index is 11.3. The van der Waals surface area contributed by atoms with Gasteiger partial charge in [-0.2, -0.15) is 0 Å². The molecule has 1 unspecified atom stereocenters. The van der Waals surface area contributed by atoms with E-state index < -0.39 is 0 Å². The Morgan fingerprint density at radius 3 is 2.35 bits per heavy atom. The number of nitrogens with zero attached hydrogens (tertiary/aromatic N) is 1. The van der Waals surface area contributed by atoms with Crippen LogP contribution in [0.2, 0.25) is 0 Å². The first-order chi connectivity index (χ1) is 7.82. The highest BCUT2D eigenvalue weighted by Gasteiger charge is 2.17. The van der Waals surface area contributed by atoms with Crippen molar-refractivity contribution in [2.75, 3.05) is 26.7 Å². The molecule has 1 atom stereocenters. The summed E-state index contributed by atoms with van der Waals surface area (Å²) < 4.78 is 5.46. The van der Waals surface area contributed by atoms with Crippen LogP contribution in [0.15, 0.2) is 0 Å². The molecule has 5 heteroatoms. The highest BCUT2D eigenvalue weighted by molar-refractivity contribution is 5.80. The summed E-state index contributed by atoms with van der Waals surface area (Å²) in [6.45, 7) is 10.1. The molecule has 0 aromatic rings. The predicted molar refractivity (Wildman–Crippen MR) is 69.8 cm³/mol. The number of carbonyl (C=O) groups excluding carboxylic acids is 1. The largest absolute Gasteiger partial charge is 0.377 e. The van der Waals surface area contributed by atoms with Crippen molar-refractivity contribution in [3.05, 3.63) is 0 Å². The zero-order valence-electron chi connectivity index (χ0n) is 11.7. The highest BCUT2D eigenvalue weighted by Crippen LogP contribution is 1.94. The molecule has 0 aliphatic heterocycles. The molecule has 3 N–H and O–H groups in total. The Morgan fingerprint density at radius 2 is 1.94 bits per heavy atom. The van der Waals surface area contributed by atoms with Crippen molar-refractivity contribution >= 4 is 5.91 Å². The highest BCUT2D eigenvalue weighted by atomic mass is 16.5. The molecule has 0 aliphatic rings. The van der Waals surface area contributed by atoms with Crippen LogP contribution in [0.3, 0.4) is 0 Å². The van der Waals surface area contributed by atoms with Crippen molar-refractivity contribution in [2.45, 2.75) is 45.9 Å². The summed E-state index contributed by atoms with van der Waals surface area (Å²) in [6.07, 6.45) is 0.240. The lowest BCUT2D eigenvalue weighted by molar-refractivity contribution is -0.120. The molecule has 0 radical (unpaired) electrons. The van der Waals surface area contributed by atoms with Gasteiger partial charge in [0.1, 0.15) is 0 Å². The van der Waals surface area contributed by atoms with Gasteiger partial charge in [-0.15, -0.1) is 0 Å². The summed E-state index contributed by atoms with van der Waals surface area (Å²) >= 11 is 0. The standard InChI is InChI=1S/C12H27N3O2/c1-9(2)14-11(12(13)16)8-15(5)6-7-17-10(3)4/h9-11,14H,6-8H2,1-5H3,(H2,13,16). The van der Waals surface area contributed by atoms with Crippen molar-refractivity contribution in [1.29, 1.82) is 0 Å². The van der Waals surface area contributed by atoms with Gasteiger partial charge < -0.3 is 20.7 Å². The minimum absolute atomic E-state index is 0.240. The first kappa shape index (κ1) is 16.4. The second-order valence-corrected chi connectivity index (χ2v) is 4.96. The number of carbonyl (C=O) groups is 1. The summed E-state index contributed by atoms with van der Waals surface area (Å²) in [5, 5.41) is 3.15. The number of ether oxygens (including phenoxy) is 1. The van der Waals surface area contributed by atoms with Crippen molar-refractivity contribution in [2.24, 2.45) is 5.73 Å². The van der Waals surface area contributed by atoms with Crippen LogP contribution in [-0.2, 0) is 9.53 Å². The van der Waals surface area contributed by atoms with Crippen LogP contribution >= 0.6 is 0 Å². The Morgan fingerprint density at radius 1 is 1.35 bits per heavy atom. The number of likely N-dealkylation sites (N-methyl/N-ethyl adjacent to an activating group) is 1. The lowest BCUT2D eigenvalue weighted by atomic mass is 10.2. The van der Waals surface area contributed by atoms with E-state index in [1.165, 1.54) is 0 Å². The van der Waals surface area contributed by atoms with Crippen molar-refractivity contribution in [3.63, 3.8) is 0 Å². The molecular formula is C12H27N3O2. The fourth-order valence-electron chi connectivity index (χ4n) is 1.47. The Labute approximate surface area is 105 Å². The third-order valence-corrected chi connectivity index (χ3v) is 2.30. The van der Waals surface area contributed by atoms with Crippen LogP contribution in [0.1, 0.15) is 27.7 Å². The molecule has 0 aromatic heterocycles. The number of nitrogens with two attached hydrogens (primary N) is 1. The SMILES string of the molecule is CC(C)NC(CN(C)CCOC(C)C)C(N)=O. The smallest absolute Gasteiger partial charge is 0.235 e. The topological polar surface area (TPSA) is 67.6 Å². The molecule has 0 saturated heterocycles. The van der Waals surface area contributed by atoms with E-state index in [1.54, 1.807) is 0 Å². The first-order valence-electron chi connectivity index (χ1n) is 6.18. The molecule has 0 rings (SSSR count). The summed E-state index contributed by atoms with van der Waals surface area (Å²) in [5.74, 6) is -0.310. The molecule has 0 spiro atoms. The summed E-state index contributed by atoms with van der Waals surface area (Å²) in [6, 6.07) is -0.0631. The molecule has 102 valence electrons. The molecule has 1 amide bonds. The molecule has 0 heterocycles. The monoisotopic (exact) mass is 245 g/mol. The van der Waals surface area contributed by atoms with Gasteiger partial charge in [0, 0.05) is 19.1 Å². The van der Waals surface area contributed by atoms with Crippen LogP contribution in [0.25, 0.3) is 0 Å². The van der Waals surface area contributed by atoms with Gasteiger partial charge in [0.25, 0.3) is 0 Å². The van der Waals surface area contributed by atoms with Crippen LogP contribution in [0.4, 0.5) is 0 Å². The average Bonchev–Trinajstić information content (AvgIpc) is 2.15. The number of hydrogen-bond donors (Lipinski definition) is 2. The van der Waals surface area contributed by atoms with E-state index in [2.05, 4.69) is 5.32 Å². The van der Waals surface area contributed by atoms with Gasteiger partial charge in [0.2, 0.25) is 5.91 Å². The number of rotatable bonds is 9. The zero-order valence-corrected chi connectivity index (χ0v) is 11.7. The van der Waals surface area contributed by atoms with Gasteiger partial charge in [-0.25, -0.2) is 0 Å². The number of hydrogen-bond acceptors (Lipinski definition) is 4. The number of primary amides is 1. The van der Waals surface area contributed by atoms with Crippen LogP contribution < -0.4 is 11.1 Å². The quantitative estimate of drug-likeness (QED) is 0.609. The van der Waals surface area contributed by atoms with Crippen LogP contribution in [0, 0.1) is 0 Å². The van der Waals surface area contributed by atoms with Gasteiger partial charge in [0.05, 0.1) is 18.8 Å². The maximum atomic E-state index is 11.3. The summed E-state index contributed by atoms with van der Waals surface area (Å²) in [5.41, 5.74) is 5.35. The second kappa shape index (κ2) is 8.44. The number of nitrogens with one attached hydrogen (secondary N) is 1. The lowest BCUT2D eigenvalue weighted by Gasteiger charge is -2.24. The maximum Gasteiger partial charge on any atom is 0.235 e. The normalized spacial score (nSPS) is 13.6. The Kier molecular flexibility index (Phi) is 8.12.